The zero-order valence-electron chi connectivity index (χ0n) is 19.2. The van der Waals surface area contributed by atoms with E-state index in [9.17, 15) is 26.7 Å². The quantitative estimate of drug-likeness (QED) is 0.207. The van der Waals surface area contributed by atoms with E-state index in [0.717, 1.165) is 37.3 Å². The van der Waals surface area contributed by atoms with Gasteiger partial charge in [-0.1, -0.05) is 11.8 Å². The largest absolute Gasteiger partial charge is 0.382 e. The van der Waals surface area contributed by atoms with Crippen molar-refractivity contribution in [3.63, 3.8) is 0 Å². The lowest BCUT2D eigenvalue weighted by atomic mass is 10.1. The summed E-state index contributed by atoms with van der Waals surface area (Å²) in [6, 6.07) is 13.6. The average Bonchev–Trinajstić information content (AvgIpc) is 2.93. The standard InChI is InChI=1S/C28H19F5N2O2/c29-22-23(30)25(32)27(26(33)24(22)31)35-28(36)19-9-5-17(6-10-19)3-1-2-4-18-7-11-20(12-8-18)34-21-13-15-37-16-14-21/h5-12,21,34H,13-16H2,(H,35,36). The number of rotatable bonds is 4. The highest BCUT2D eigenvalue weighted by atomic mass is 19.2. The maximum absolute atomic E-state index is 13.8. The lowest BCUT2D eigenvalue weighted by Crippen LogP contribution is -2.27. The lowest BCUT2D eigenvalue weighted by Gasteiger charge is -2.24. The number of halogens is 5. The van der Waals surface area contributed by atoms with E-state index in [0.29, 0.717) is 11.6 Å². The van der Waals surface area contributed by atoms with Gasteiger partial charge in [0.05, 0.1) is 0 Å². The van der Waals surface area contributed by atoms with Gasteiger partial charge in [0.1, 0.15) is 5.69 Å². The van der Waals surface area contributed by atoms with Crippen LogP contribution in [-0.2, 0) is 4.74 Å². The van der Waals surface area contributed by atoms with Gasteiger partial charge in [0.15, 0.2) is 23.3 Å². The van der Waals surface area contributed by atoms with Crippen LogP contribution in [0, 0.1) is 52.8 Å². The van der Waals surface area contributed by atoms with Crippen LogP contribution in [0.4, 0.5) is 33.3 Å². The minimum absolute atomic E-state index is 0.0740. The van der Waals surface area contributed by atoms with Gasteiger partial charge in [-0.3, -0.25) is 4.79 Å². The fourth-order valence-corrected chi connectivity index (χ4v) is 3.54. The molecule has 0 aromatic heterocycles. The van der Waals surface area contributed by atoms with Crippen LogP contribution < -0.4 is 10.6 Å². The summed E-state index contributed by atoms with van der Waals surface area (Å²) in [5, 5.41) is 5.18. The monoisotopic (exact) mass is 510 g/mol. The molecule has 0 atom stereocenters. The molecule has 37 heavy (non-hydrogen) atoms. The van der Waals surface area contributed by atoms with Gasteiger partial charge in [0.2, 0.25) is 5.82 Å². The Balaban J connectivity index is 1.36. The molecule has 1 fully saturated rings. The molecule has 1 aliphatic heterocycles. The fraction of sp³-hybridized carbons (Fsp3) is 0.179. The van der Waals surface area contributed by atoms with Crippen LogP contribution in [0.3, 0.4) is 0 Å². The third kappa shape index (κ3) is 6.27. The van der Waals surface area contributed by atoms with Crippen molar-refractivity contribution in [1.82, 2.24) is 0 Å². The highest BCUT2D eigenvalue weighted by Gasteiger charge is 2.27. The number of carbonyl (C=O) groups excluding carboxylic acids is 1. The van der Waals surface area contributed by atoms with E-state index < -0.39 is 40.7 Å². The molecule has 0 radical (unpaired) electrons. The van der Waals surface area contributed by atoms with Crippen molar-refractivity contribution < 1.29 is 31.5 Å². The van der Waals surface area contributed by atoms with Crippen LogP contribution >= 0.6 is 0 Å². The molecule has 1 aliphatic rings. The fourth-order valence-electron chi connectivity index (χ4n) is 3.54. The van der Waals surface area contributed by atoms with E-state index in [4.69, 9.17) is 4.74 Å². The summed E-state index contributed by atoms with van der Waals surface area (Å²) < 4.78 is 72.7. The maximum atomic E-state index is 13.8. The maximum Gasteiger partial charge on any atom is 0.255 e. The summed E-state index contributed by atoms with van der Waals surface area (Å²) in [5.74, 6) is -0.765. The van der Waals surface area contributed by atoms with Gasteiger partial charge < -0.3 is 15.4 Å². The molecule has 3 aromatic rings. The topological polar surface area (TPSA) is 50.4 Å². The number of benzene rings is 3. The molecule has 4 nitrogen and oxygen atoms in total. The van der Waals surface area contributed by atoms with Crippen LogP contribution in [0.25, 0.3) is 0 Å². The molecule has 0 bridgehead atoms. The molecule has 1 saturated heterocycles. The normalized spacial score (nSPS) is 13.1. The van der Waals surface area contributed by atoms with Gasteiger partial charge in [-0.05, 0) is 73.2 Å². The Morgan fingerprint density at radius 2 is 1.22 bits per heavy atom. The number of carbonyl (C=O) groups is 1. The Kier molecular flexibility index (Phi) is 8.07. The summed E-state index contributed by atoms with van der Waals surface area (Å²) in [5.41, 5.74) is 0.792. The first-order chi connectivity index (χ1) is 17.8. The molecule has 0 aliphatic carbocycles. The Morgan fingerprint density at radius 1 is 0.730 bits per heavy atom. The Labute approximate surface area is 209 Å². The van der Waals surface area contributed by atoms with Gasteiger partial charge in [0, 0.05) is 41.6 Å². The average molecular weight is 510 g/mol. The first kappa shape index (κ1) is 25.7. The second-order valence-corrected chi connectivity index (χ2v) is 8.08. The smallest absolute Gasteiger partial charge is 0.255 e. The molecule has 0 unspecified atom stereocenters. The first-order valence-corrected chi connectivity index (χ1v) is 11.2. The van der Waals surface area contributed by atoms with E-state index in [-0.39, 0.29) is 5.56 Å². The van der Waals surface area contributed by atoms with E-state index >= 15 is 0 Å². The van der Waals surface area contributed by atoms with Crippen molar-refractivity contribution in [2.45, 2.75) is 18.9 Å². The molecule has 9 heteroatoms. The van der Waals surface area contributed by atoms with Crippen molar-refractivity contribution >= 4 is 17.3 Å². The molecule has 2 N–H and O–H groups in total. The molecule has 3 aromatic carbocycles. The highest BCUT2D eigenvalue weighted by Crippen LogP contribution is 2.27. The minimum atomic E-state index is -2.31. The second-order valence-electron chi connectivity index (χ2n) is 8.08. The molecule has 1 heterocycles. The van der Waals surface area contributed by atoms with E-state index in [1.807, 2.05) is 24.3 Å². The lowest BCUT2D eigenvalue weighted by molar-refractivity contribution is 0.0904. The molecule has 4 rings (SSSR count). The first-order valence-electron chi connectivity index (χ1n) is 11.2. The minimum Gasteiger partial charge on any atom is -0.382 e. The van der Waals surface area contributed by atoms with Gasteiger partial charge in [0.25, 0.3) is 5.91 Å². The van der Waals surface area contributed by atoms with Crippen LogP contribution in [-0.4, -0.2) is 25.2 Å². The molecular weight excluding hydrogens is 491 g/mol. The van der Waals surface area contributed by atoms with Crippen molar-refractivity contribution in [3.8, 4) is 23.7 Å². The SMILES string of the molecule is O=C(Nc1c(F)c(F)c(F)c(F)c1F)c1ccc(C#CC#Cc2ccc(NC3CCOCC3)cc2)cc1. The summed E-state index contributed by atoms with van der Waals surface area (Å²) >= 11 is 0. The Hall–Kier alpha value is -4.34. The highest BCUT2D eigenvalue weighted by molar-refractivity contribution is 6.04. The van der Waals surface area contributed by atoms with Gasteiger partial charge in [-0.25, -0.2) is 22.0 Å². The van der Waals surface area contributed by atoms with Crippen molar-refractivity contribution in [2.24, 2.45) is 0 Å². The van der Waals surface area contributed by atoms with Gasteiger partial charge >= 0.3 is 0 Å². The number of anilines is 2. The predicted octanol–water partition coefficient (Wildman–Crippen LogP) is 5.63. The summed E-state index contributed by atoms with van der Waals surface area (Å²) in [7, 11) is 0. The Bertz CT molecular complexity index is 1400. The molecular formula is C28H19F5N2O2. The number of nitrogens with one attached hydrogen (secondary N) is 2. The number of hydrogen-bond acceptors (Lipinski definition) is 3. The molecule has 0 saturated carbocycles. The molecule has 188 valence electrons. The third-order valence-electron chi connectivity index (χ3n) is 5.55. The summed E-state index contributed by atoms with van der Waals surface area (Å²) in [6.45, 7) is 1.52. The predicted molar refractivity (Wildman–Crippen MR) is 128 cm³/mol. The van der Waals surface area contributed by atoms with Gasteiger partial charge in [-0.2, -0.15) is 0 Å². The number of amides is 1. The van der Waals surface area contributed by atoms with Crippen molar-refractivity contribution in [3.05, 3.63) is 94.3 Å². The van der Waals surface area contributed by atoms with Gasteiger partial charge in [-0.15, -0.1) is 0 Å². The van der Waals surface area contributed by atoms with Crippen LogP contribution in [0.5, 0.6) is 0 Å². The Morgan fingerprint density at radius 3 is 1.76 bits per heavy atom. The van der Waals surface area contributed by atoms with Crippen LogP contribution in [0.2, 0.25) is 0 Å². The summed E-state index contributed by atoms with van der Waals surface area (Å²) in [6.07, 6.45) is 1.93. The zero-order valence-corrected chi connectivity index (χ0v) is 19.2. The van der Waals surface area contributed by atoms with Crippen LogP contribution in [0.15, 0.2) is 48.5 Å². The zero-order chi connectivity index (χ0) is 26.4. The summed E-state index contributed by atoms with van der Waals surface area (Å²) in [4.78, 5) is 12.2. The molecule has 1 amide bonds. The van der Waals surface area contributed by atoms with Crippen molar-refractivity contribution in [1.29, 1.82) is 0 Å². The number of ether oxygens (including phenoxy) is 1. The number of hydrogen-bond donors (Lipinski definition) is 2. The third-order valence-corrected chi connectivity index (χ3v) is 5.55. The molecule has 0 spiro atoms. The van der Waals surface area contributed by atoms with E-state index in [2.05, 4.69) is 29.0 Å². The van der Waals surface area contributed by atoms with E-state index in [1.54, 1.807) is 5.32 Å². The second kappa shape index (κ2) is 11.6. The van der Waals surface area contributed by atoms with Crippen molar-refractivity contribution in [2.75, 3.05) is 23.8 Å². The van der Waals surface area contributed by atoms with E-state index in [1.165, 1.54) is 24.3 Å². The van der Waals surface area contributed by atoms with Crippen LogP contribution in [0.1, 0.15) is 34.3 Å².